The maximum Gasteiger partial charge on any atom is 0.254 e. The van der Waals surface area contributed by atoms with Gasteiger partial charge in [0.05, 0.1) is 11.1 Å². The van der Waals surface area contributed by atoms with Crippen LogP contribution in [0.3, 0.4) is 0 Å². The smallest absolute Gasteiger partial charge is 0.254 e. The average Bonchev–Trinajstić information content (AvgIpc) is 3.23. The number of carbonyl (C=O) groups is 2. The third-order valence-electron chi connectivity index (χ3n) is 5.50. The topological polar surface area (TPSA) is 80.1 Å². The Morgan fingerprint density at radius 1 is 1.17 bits per heavy atom. The second-order valence-corrected chi connectivity index (χ2v) is 7.62. The van der Waals surface area contributed by atoms with Crippen molar-refractivity contribution < 1.29 is 9.59 Å². The van der Waals surface area contributed by atoms with Crippen molar-refractivity contribution in [1.29, 1.82) is 0 Å². The molecular weight excluding hydrogens is 378 g/mol. The van der Waals surface area contributed by atoms with E-state index in [1.54, 1.807) is 30.7 Å². The highest BCUT2D eigenvalue weighted by Gasteiger charge is 2.27. The Kier molecular flexibility index (Phi) is 5.88. The van der Waals surface area contributed by atoms with Gasteiger partial charge in [-0.05, 0) is 37.0 Å². The molecule has 7 nitrogen and oxygen atoms in total. The van der Waals surface area contributed by atoms with Crippen molar-refractivity contribution >= 4 is 11.8 Å². The fourth-order valence-electron chi connectivity index (χ4n) is 3.91. The van der Waals surface area contributed by atoms with E-state index in [4.69, 9.17) is 0 Å². The van der Waals surface area contributed by atoms with Gasteiger partial charge in [-0.1, -0.05) is 18.2 Å². The minimum atomic E-state index is -0.133. The molecule has 154 valence electrons. The zero-order valence-corrected chi connectivity index (χ0v) is 17.0. The third-order valence-corrected chi connectivity index (χ3v) is 5.50. The SMILES string of the molecule is Cn1ccnc1-c1ccccc1C(=O)N1CCCC(CNC(=O)c2cccnc2)C1. The number of nitrogens with zero attached hydrogens (tertiary/aromatic N) is 4. The number of benzene rings is 1. The summed E-state index contributed by atoms with van der Waals surface area (Å²) >= 11 is 0. The molecule has 0 spiro atoms. The minimum absolute atomic E-state index is 0.0110. The zero-order valence-electron chi connectivity index (χ0n) is 17.0. The van der Waals surface area contributed by atoms with Crippen LogP contribution < -0.4 is 5.32 Å². The molecule has 1 aliphatic rings. The molecule has 1 atom stereocenters. The van der Waals surface area contributed by atoms with Crippen LogP contribution in [0.15, 0.2) is 61.2 Å². The van der Waals surface area contributed by atoms with E-state index in [0.29, 0.717) is 24.2 Å². The van der Waals surface area contributed by atoms with E-state index in [2.05, 4.69) is 15.3 Å². The number of aromatic nitrogens is 3. The normalized spacial score (nSPS) is 16.3. The van der Waals surface area contributed by atoms with Gasteiger partial charge >= 0.3 is 0 Å². The van der Waals surface area contributed by atoms with Crippen LogP contribution in [0.1, 0.15) is 33.6 Å². The molecule has 1 aromatic carbocycles. The molecule has 1 aliphatic heterocycles. The quantitative estimate of drug-likeness (QED) is 0.710. The number of aryl methyl sites for hydroxylation is 1. The lowest BCUT2D eigenvalue weighted by atomic mass is 9.96. The highest BCUT2D eigenvalue weighted by Crippen LogP contribution is 2.25. The number of hydrogen-bond acceptors (Lipinski definition) is 4. The molecule has 1 unspecified atom stereocenters. The van der Waals surface area contributed by atoms with Gasteiger partial charge in [0.2, 0.25) is 0 Å². The number of hydrogen-bond donors (Lipinski definition) is 1. The van der Waals surface area contributed by atoms with Crippen LogP contribution in [0.2, 0.25) is 0 Å². The second-order valence-electron chi connectivity index (χ2n) is 7.62. The molecule has 2 amide bonds. The van der Waals surface area contributed by atoms with Crippen LogP contribution in [0.25, 0.3) is 11.4 Å². The Bertz CT molecular complexity index is 1030. The lowest BCUT2D eigenvalue weighted by molar-refractivity contribution is 0.0671. The van der Waals surface area contributed by atoms with Crippen molar-refractivity contribution in [2.75, 3.05) is 19.6 Å². The minimum Gasteiger partial charge on any atom is -0.352 e. The molecular formula is C23H25N5O2. The molecule has 30 heavy (non-hydrogen) atoms. The van der Waals surface area contributed by atoms with Crippen LogP contribution in [0.4, 0.5) is 0 Å². The first-order valence-corrected chi connectivity index (χ1v) is 10.2. The summed E-state index contributed by atoms with van der Waals surface area (Å²) in [6, 6.07) is 11.1. The molecule has 0 radical (unpaired) electrons. The highest BCUT2D eigenvalue weighted by molar-refractivity contribution is 6.00. The molecule has 0 aliphatic carbocycles. The van der Waals surface area contributed by atoms with Gasteiger partial charge in [-0.3, -0.25) is 14.6 Å². The van der Waals surface area contributed by atoms with Gasteiger partial charge in [0.15, 0.2) is 0 Å². The number of rotatable bonds is 5. The predicted octanol–water partition coefficient (Wildman–Crippen LogP) is 2.76. The van der Waals surface area contributed by atoms with Gasteiger partial charge in [-0.25, -0.2) is 4.98 Å². The summed E-state index contributed by atoms with van der Waals surface area (Å²) in [6.07, 6.45) is 8.71. The Morgan fingerprint density at radius 2 is 2.03 bits per heavy atom. The Labute approximate surface area is 175 Å². The fraction of sp³-hybridized carbons (Fsp3) is 0.304. The summed E-state index contributed by atoms with van der Waals surface area (Å²) < 4.78 is 1.92. The first-order chi connectivity index (χ1) is 14.6. The number of pyridine rings is 1. The summed E-state index contributed by atoms with van der Waals surface area (Å²) in [5.41, 5.74) is 2.04. The lowest BCUT2D eigenvalue weighted by Crippen LogP contribution is -2.43. The highest BCUT2D eigenvalue weighted by atomic mass is 16.2. The summed E-state index contributed by atoms with van der Waals surface area (Å²) in [5, 5.41) is 2.98. The van der Waals surface area contributed by atoms with Gasteiger partial charge in [0.1, 0.15) is 5.82 Å². The van der Waals surface area contributed by atoms with Crippen molar-refractivity contribution in [2.24, 2.45) is 13.0 Å². The van der Waals surface area contributed by atoms with E-state index in [1.807, 2.05) is 47.0 Å². The molecule has 7 heteroatoms. The number of nitrogens with one attached hydrogen (secondary N) is 1. The molecule has 2 aromatic heterocycles. The molecule has 0 bridgehead atoms. The predicted molar refractivity (Wildman–Crippen MR) is 114 cm³/mol. The number of piperidine rings is 1. The first-order valence-electron chi connectivity index (χ1n) is 10.2. The van der Waals surface area contributed by atoms with Crippen molar-refractivity contribution in [3.8, 4) is 11.4 Å². The largest absolute Gasteiger partial charge is 0.352 e. The summed E-state index contributed by atoms with van der Waals surface area (Å²) in [5.74, 6) is 0.878. The zero-order chi connectivity index (χ0) is 20.9. The maximum absolute atomic E-state index is 13.3. The lowest BCUT2D eigenvalue weighted by Gasteiger charge is -2.33. The van der Waals surface area contributed by atoms with Crippen molar-refractivity contribution in [2.45, 2.75) is 12.8 Å². The van der Waals surface area contributed by atoms with Gasteiger partial charge < -0.3 is 14.8 Å². The molecule has 0 saturated carbocycles. The van der Waals surface area contributed by atoms with Crippen LogP contribution >= 0.6 is 0 Å². The van der Waals surface area contributed by atoms with Gasteiger partial charge in [-0.2, -0.15) is 0 Å². The second kappa shape index (κ2) is 8.90. The van der Waals surface area contributed by atoms with Gasteiger partial charge in [-0.15, -0.1) is 0 Å². The molecule has 4 rings (SSSR count). The van der Waals surface area contributed by atoms with E-state index >= 15 is 0 Å². The third kappa shape index (κ3) is 4.25. The van der Waals surface area contributed by atoms with E-state index in [0.717, 1.165) is 30.8 Å². The first kappa shape index (κ1) is 19.8. The number of carbonyl (C=O) groups excluding carboxylic acids is 2. The number of likely N-dealkylation sites (tertiary alicyclic amines) is 1. The molecule has 3 heterocycles. The van der Waals surface area contributed by atoms with Crippen molar-refractivity contribution in [1.82, 2.24) is 24.8 Å². The average molecular weight is 403 g/mol. The van der Waals surface area contributed by atoms with E-state index in [1.165, 1.54) is 0 Å². The number of amides is 2. The summed E-state index contributed by atoms with van der Waals surface area (Å²) in [4.78, 5) is 35.9. The Balaban J connectivity index is 1.43. The molecule has 1 N–H and O–H groups in total. The molecule has 3 aromatic rings. The van der Waals surface area contributed by atoms with Gasteiger partial charge in [0, 0.05) is 57.0 Å². The van der Waals surface area contributed by atoms with E-state index in [9.17, 15) is 9.59 Å². The van der Waals surface area contributed by atoms with Gasteiger partial charge in [0.25, 0.3) is 11.8 Å². The Hall–Kier alpha value is -3.48. The van der Waals surface area contributed by atoms with Crippen molar-refractivity contribution in [3.63, 3.8) is 0 Å². The standard InChI is InChI=1S/C23H25N5O2/c1-27-13-11-25-21(27)19-8-2-3-9-20(19)23(30)28-12-5-6-17(16-28)14-26-22(29)18-7-4-10-24-15-18/h2-4,7-11,13,15,17H,5-6,12,14,16H2,1H3,(H,26,29). The van der Waals surface area contributed by atoms with Crippen LogP contribution in [-0.2, 0) is 7.05 Å². The summed E-state index contributed by atoms with van der Waals surface area (Å²) in [6.45, 7) is 1.89. The molecule has 1 fully saturated rings. The van der Waals surface area contributed by atoms with E-state index in [-0.39, 0.29) is 17.7 Å². The monoisotopic (exact) mass is 403 g/mol. The van der Waals surface area contributed by atoms with Crippen LogP contribution in [-0.4, -0.2) is 50.9 Å². The Morgan fingerprint density at radius 3 is 2.80 bits per heavy atom. The summed E-state index contributed by atoms with van der Waals surface area (Å²) in [7, 11) is 1.92. The van der Waals surface area contributed by atoms with Crippen LogP contribution in [0.5, 0.6) is 0 Å². The number of imidazole rings is 1. The molecule has 1 saturated heterocycles. The van der Waals surface area contributed by atoms with Crippen molar-refractivity contribution in [3.05, 3.63) is 72.3 Å². The maximum atomic E-state index is 13.3. The van der Waals surface area contributed by atoms with Crippen LogP contribution in [0, 0.1) is 5.92 Å². The fourth-order valence-corrected chi connectivity index (χ4v) is 3.91. The van der Waals surface area contributed by atoms with E-state index < -0.39 is 0 Å².